The van der Waals surface area contributed by atoms with Crippen molar-refractivity contribution in [3.8, 4) is 5.75 Å². The van der Waals surface area contributed by atoms with Crippen molar-refractivity contribution in [1.29, 1.82) is 0 Å². The number of amides is 2. The first-order valence-electron chi connectivity index (χ1n) is 8.57. The number of methoxy groups -OCH3 is 1. The Morgan fingerprint density at radius 3 is 2.35 bits per heavy atom. The Hall–Kier alpha value is -2.86. The van der Waals surface area contributed by atoms with Crippen LogP contribution in [0.3, 0.4) is 0 Å². The zero-order valence-electron chi connectivity index (χ0n) is 15.4. The molecule has 0 fully saturated rings. The number of likely N-dealkylation sites (N-methyl/N-ethyl adjacent to an activating group) is 1. The number of benzene rings is 2. The number of carbonyl (C=O) groups excluding carboxylic acids is 2. The van der Waals surface area contributed by atoms with Gasteiger partial charge < -0.3 is 20.3 Å². The third-order valence-electron chi connectivity index (χ3n) is 4.26. The molecule has 0 spiro atoms. The molecular weight excluding hydrogens is 330 g/mol. The van der Waals surface area contributed by atoms with E-state index in [2.05, 4.69) is 10.6 Å². The van der Waals surface area contributed by atoms with E-state index in [1.165, 1.54) is 0 Å². The Bertz CT molecular complexity index is 717. The van der Waals surface area contributed by atoms with Crippen molar-refractivity contribution in [1.82, 2.24) is 5.32 Å². The quantitative estimate of drug-likeness (QED) is 0.657. The Morgan fingerprint density at radius 1 is 1.08 bits per heavy atom. The summed E-state index contributed by atoms with van der Waals surface area (Å²) >= 11 is 0. The molecule has 0 aliphatic carbocycles. The van der Waals surface area contributed by atoms with Crippen LogP contribution in [0.25, 0.3) is 0 Å². The molecule has 0 aliphatic rings. The predicted molar refractivity (Wildman–Crippen MR) is 101 cm³/mol. The maximum atomic E-state index is 12.3. The third-order valence-corrected chi connectivity index (χ3v) is 4.26. The Balaban J connectivity index is 1.79. The van der Waals surface area contributed by atoms with Gasteiger partial charge in [0, 0.05) is 12.2 Å². The summed E-state index contributed by atoms with van der Waals surface area (Å²) in [6.45, 7) is 2.50. The highest BCUT2D eigenvalue weighted by molar-refractivity contribution is 5.91. The number of rotatable bonds is 8. The number of hydrogen-bond acceptors (Lipinski definition) is 3. The molecule has 0 aromatic heterocycles. The number of carbonyl (C=O) groups is 2. The minimum Gasteiger partial charge on any atom is -0.497 e. The van der Waals surface area contributed by atoms with Gasteiger partial charge in [0.2, 0.25) is 0 Å². The van der Waals surface area contributed by atoms with E-state index in [0.717, 1.165) is 16.2 Å². The van der Waals surface area contributed by atoms with E-state index in [4.69, 9.17) is 4.74 Å². The minimum absolute atomic E-state index is 0.0800. The summed E-state index contributed by atoms with van der Waals surface area (Å²) in [6, 6.07) is 16.5. The molecule has 2 amide bonds. The molecule has 6 heteroatoms. The third kappa shape index (κ3) is 5.89. The zero-order chi connectivity index (χ0) is 18.9. The standard InChI is InChI=1S/C20H25N3O3/c1-15(20(25)21-13-16-7-5-4-6-8-16)23(2)14-19(24)22-17-9-11-18(26-3)12-10-17/h4-12,15H,13-14H2,1-3H3,(H,21,25)(H,22,24)/p+1/t15-/m1/s1. The van der Waals surface area contributed by atoms with E-state index in [1.54, 1.807) is 31.4 Å². The summed E-state index contributed by atoms with van der Waals surface area (Å²) in [7, 11) is 3.43. The molecule has 0 aliphatic heterocycles. The highest BCUT2D eigenvalue weighted by atomic mass is 16.5. The van der Waals surface area contributed by atoms with E-state index >= 15 is 0 Å². The molecule has 0 radical (unpaired) electrons. The van der Waals surface area contributed by atoms with E-state index in [-0.39, 0.29) is 24.4 Å². The van der Waals surface area contributed by atoms with Crippen molar-refractivity contribution >= 4 is 17.5 Å². The van der Waals surface area contributed by atoms with Crippen molar-refractivity contribution < 1.29 is 19.2 Å². The summed E-state index contributed by atoms with van der Waals surface area (Å²) in [4.78, 5) is 25.3. The lowest BCUT2D eigenvalue weighted by Gasteiger charge is -2.20. The smallest absolute Gasteiger partial charge is 0.279 e. The van der Waals surface area contributed by atoms with Crippen LogP contribution in [0, 0.1) is 0 Å². The average molecular weight is 356 g/mol. The fourth-order valence-corrected chi connectivity index (χ4v) is 2.45. The lowest BCUT2D eigenvalue weighted by Crippen LogP contribution is -3.15. The molecule has 3 N–H and O–H groups in total. The maximum absolute atomic E-state index is 12.3. The molecule has 2 atom stereocenters. The first-order valence-corrected chi connectivity index (χ1v) is 8.57. The normalized spacial score (nSPS) is 12.7. The molecule has 2 aromatic rings. The molecule has 0 saturated heterocycles. The van der Waals surface area contributed by atoms with Crippen LogP contribution >= 0.6 is 0 Å². The number of ether oxygens (including phenoxy) is 1. The molecule has 26 heavy (non-hydrogen) atoms. The van der Waals surface area contributed by atoms with Crippen molar-refractivity contribution in [3.63, 3.8) is 0 Å². The summed E-state index contributed by atoms with van der Waals surface area (Å²) < 4.78 is 5.09. The SMILES string of the molecule is COc1ccc(NC(=O)C[NH+](C)[C@H](C)C(=O)NCc2ccccc2)cc1. The van der Waals surface area contributed by atoms with Crippen LogP contribution in [0.4, 0.5) is 5.69 Å². The Kier molecular flexibility index (Phi) is 7.17. The van der Waals surface area contributed by atoms with Gasteiger partial charge in [-0.1, -0.05) is 30.3 Å². The van der Waals surface area contributed by atoms with Crippen LogP contribution in [0.2, 0.25) is 0 Å². The average Bonchev–Trinajstić information content (AvgIpc) is 2.66. The second kappa shape index (κ2) is 9.58. The molecule has 1 unspecified atom stereocenters. The highest BCUT2D eigenvalue weighted by Crippen LogP contribution is 2.14. The number of quaternary nitrogens is 1. The fraction of sp³-hybridized carbons (Fsp3) is 0.300. The highest BCUT2D eigenvalue weighted by Gasteiger charge is 2.23. The van der Waals surface area contributed by atoms with E-state index < -0.39 is 0 Å². The van der Waals surface area contributed by atoms with Gasteiger partial charge >= 0.3 is 0 Å². The van der Waals surface area contributed by atoms with Crippen LogP contribution < -0.4 is 20.3 Å². The van der Waals surface area contributed by atoms with Gasteiger partial charge in [-0.05, 0) is 36.8 Å². The predicted octanol–water partition coefficient (Wildman–Crippen LogP) is 0.853. The van der Waals surface area contributed by atoms with Gasteiger partial charge in [-0.15, -0.1) is 0 Å². The van der Waals surface area contributed by atoms with Gasteiger partial charge in [-0.25, -0.2) is 0 Å². The van der Waals surface area contributed by atoms with Crippen LogP contribution in [0.15, 0.2) is 54.6 Å². The van der Waals surface area contributed by atoms with E-state index in [1.807, 2.05) is 44.3 Å². The number of nitrogens with one attached hydrogen (secondary N) is 3. The molecule has 0 saturated carbocycles. The molecule has 2 aromatic carbocycles. The van der Waals surface area contributed by atoms with Crippen LogP contribution in [0.1, 0.15) is 12.5 Å². The van der Waals surface area contributed by atoms with Gasteiger partial charge in [-0.3, -0.25) is 9.59 Å². The number of hydrogen-bond donors (Lipinski definition) is 3. The zero-order valence-corrected chi connectivity index (χ0v) is 15.4. The molecular formula is C20H26N3O3+. The van der Waals surface area contributed by atoms with Crippen molar-refractivity contribution in [2.45, 2.75) is 19.5 Å². The second-order valence-corrected chi connectivity index (χ2v) is 6.22. The van der Waals surface area contributed by atoms with Crippen LogP contribution in [-0.4, -0.2) is 38.6 Å². The van der Waals surface area contributed by atoms with Gasteiger partial charge in [0.1, 0.15) is 5.75 Å². The summed E-state index contributed by atoms with van der Waals surface area (Å²) in [5.41, 5.74) is 1.74. The monoisotopic (exact) mass is 356 g/mol. The Morgan fingerprint density at radius 2 is 1.73 bits per heavy atom. The van der Waals surface area contributed by atoms with Gasteiger partial charge in [-0.2, -0.15) is 0 Å². The van der Waals surface area contributed by atoms with E-state index in [9.17, 15) is 9.59 Å². The first-order chi connectivity index (χ1) is 12.5. The topological polar surface area (TPSA) is 71.9 Å². The van der Waals surface area contributed by atoms with Gasteiger partial charge in [0.15, 0.2) is 12.6 Å². The van der Waals surface area contributed by atoms with Crippen molar-refractivity contribution in [2.24, 2.45) is 0 Å². The number of anilines is 1. The molecule has 2 rings (SSSR count). The Labute approximate surface area is 154 Å². The van der Waals surface area contributed by atoms with Crippen molar-refractivity contribution in [3.05, 3.63) is 60.2 Å². The van der Waals surface area contributed by atoms with Crippen LogP contribution in [-0.2, 0) is 16.1 Å². The summed E-state index contributed by atoms with van der Waals surface area (Å²) in [5.74, 6) is 0.508. The van der Waals surface area contributed by atoms with Gasteiger partial charge in [0.25, 0.3) is 11.8 Å². The maximum Gasteiger partial charge on any atom is 0.279 e. The summed E-state index contributed by atoms with van der Waals surface area (Å²) in [5, 5.41) is 5.74. The lowest BCUT2D eigenvalue weighted by molar-refractivity contribution is -0.885. The molecule has 6 nitrogen and oxygen atoms in total. The fourth-order valence-electron chi connectivity index (χ4n) is 2.45. The van der Waals surface area contributed by atoms with Gasteiger partial charge in [0.05, 0.1) is 14.2 Å². The first kappa shape index (κ1) is 19.5. The minimum atomic E-state index is -0.333. The summed E-state index contributed by atoms with van der Waals surface area (Å²) in [6.07, 6.45) is 0. The molecule has 0 bridgehead atoms. The largest absolute Gasteiger partial charge is 0.497 e. The second-order valence-electron chi connectivity index (χ2n) is 6.22. The van der Waals surface area contributed by atoms with Crippen molar-refractivity contribution in [2.75, 3.05) is 26.0 Å². The van der Waals surface area contributed by atoms with Crippen LogP contribution in [0.5, 0.6) is 5.75 Å². The molecule has 0 heterocycles. The lowest BCUT2D eigenvalue weighted by atomic mass is 10.2. The van der Waals surface area contributed by atoms with E-state index in [0.29, 0.717) is 12.2 Å². The molecule has 138 valence electrons.